The zero-order valence-electron chi connectivity index (χ0n) is 46.2. The quantitative estimate of drug-likeness (QED) is 0.0855. The van der Waals surface area contributed by atoms with E-state index in [4.69, 9.17) is 9.47 Å². The van der Waals surface area contributed by atoms with E-state index in [1.807, 2.05) is 58.2 Å². The number of amides is 7. The minimum atomic E-state index is -1.81. The number of carbonyl (C=O) groups is 7. The van der Waals surface area contributed by atoms with Gasteiger partial charge in [0.15, 0.2) is 0 Å². The Hall–Kier alpha value is -6.15. The summed E-state index contributed by atoms with van der Waals surface area (Å²) in [5.41, 5.74) is 1.72. The molecule has 1 aromatic heterocycles. The topological polar surface area (TPSA) is 253 Å². The molecule has 12 atom stereocenters. The van der Waals surface area contributed by atoms with E-state index in [0.717, 1.165) is 16.0 Å². The fraction of sp³-hybridized carbons (Fsp3) is 0.589. The van der Waals surface area contributed by atoms with E-state index in [0.29, 0.717) is 17.6 Å². The van der Waals surface area contributed by atoms with E-state index in [1.54, 1.807) is 82.4 Å². The summed E-state index contributed by atoms with van der Waals surface area (Å²) in [5.74, 6) is -7.50. The number of rotatable bonds is 15. The van der Waals surface area contributed by atoms with Gasteiger partial charge in [-0.05, 0) is 76.8 Å². The number of hydrogen-bond acceptors (Lipinski definition) is 11. The molecule has 2 aliphatic heterocycles. The lowest BCUT2D eigenvalue weighted by Gasteiger charge is -2.36. The van der Waals surface area contributed by atoms with Crippen LogP contribution >= 0.6 is 0 Å². The van der Waals surface area contributed by atoms with Crippen LogP contribution < -0.4 is 26.6 Å². The monoisotopic (exact) mass is 1040 g/mol. The predicted molar refractivity (Wildman–Crippen MR) is 284 cm³/mol. The number of likely N-dealkylation sites (N-methyl/N-ethyl adjacent to an activating group) is 2. The van der Waals surface area contributed by atoms with E-state index in [-0.39, 0.29) is 37.0 Å². The lowest BCUT2D eigenvalue weighted by molar-refractivity contribution is -0.146. The van der Waals surface area contributed by atoms with Crippen LogP contribution in [-0.2, 0) is 48.6 Å². The molecular weight excluding hydrogens is 961 g/mol. The van der Waals surface area contributed by atoms with Gasteiger partial charge in [0.1, 0.15) is 60.6 Å². The van der Waals surface area contributed by atoms with Gasteiger partial charge in [0, 0.05) is 56.4 Å². The van der Waals surface area contributed by atoms with E-state index in [9.17, 15) is 34.2 Å². The summed E-state index contributed by atoms with van der Waals surface area (Å²) in [6.07, 6.45) is 0.516. The highest BCUT2D eigenvalue weighted by Gasteiger charge is 2.45. The number of hydrogen-bond donors (Lipinski definition) is 7. The van der Waals surface area contributed by atoms with E-state index >= 15 is 9.59 Å². The molecule has 0 bridgehead atoms. The highest BCUT2D eigenvalue weighted by molar-refractivity contribution is 5.99. The smallest absolute Gasteiger partial charge is 0.248 e. The number of carbonyl (C=O) groups excluding carboxylic acids is 7. The molecule has 19 heteroatoms. The van der Waals surface area contributed by atoms with Crippen molar-refractivity contribution in [2.24, 2.45) is 23.7 Å². The molecule has 2 fully saturated rings. The standard InChI is InChI=1S/C56H82N8O11/c1-30(2)24-34(8)44-52(70)60-45(47(66)38-27-64(56(10,11)42-29-75-42)39-23-19-18-22-37(38)39)55(73)63(13)41(26-33(7)28-65)50(68)57-35(9)49(67)61-46(48(74-14)36-20-16-15-17-21-36)53(71)58-43(32(5)6)54(72)62(12)40(25-31(3)4)51(69)59-44/h15-24,27,31-35,40-48,65-66H,25-26,28-29H2,1-14H3,(H,57,68)(H,58,71)(H,59,69)(H,60,70)(H,61,67)/t33-,34?,35?,40?,41?,42?,43?,44?,45-,46-,47?,48-/m1/s1. The molecule has 2 saturated heterocycles. The van der Waals surface area contributed by atoms with Gasteiger partial charge in [0.2, 0.25) is 41.4 Å². The Morgan fingerprint density at radius 3 is 1.81 bits per heavy atom. The van der Waals surface area contributed by atoms with Crippen LogP contribution in [0.1, 0.15) is 112 Å². The predicted octanol–water partition coefficient (Wildman–Crippen LogP) is 3.63. The third-order valence-electron chi connectivity index (χ3n) is 14.5. The second-order valence-corrected chi connectivity index (χ2v) is 22.1. The molecule has 7 amide bonds. The van der Waals surface area contributed by atoms with Gasteiger partial charge in [-0.2, -0.15) is 0 Å². The second-order valence-electron chi connectivity index (χ2n) is 22.1. The van der Waals surface area contributed by atoms with Crippen LogP contribution in [0, 0.1) is 23.7 Å². The van der Waals surface area contributed by atoms with Crippen LogP contribution in [0.15, 0.2) is 72.4 Å². The van der Waals surface area contributed by atoms with Gasteiger partial charge in [-0.15, -0.1) is 0 Å². The number of fused-ring (bicyclic) bond motifs is 1. The molecular formula is C56H82N8O11. The molecule has 75 heavy (non-hydrogen) atoms. The number of para-hydroxylation sites is 1. The number of epoxide rings is 1. The van der Waals surface area contributed by atoms with Crippen molar-refractivity contribution in [3.63, 3.8) is 0 Å². The molecule has 2 aliphatic rings. The number of aliphatic hydroxyl groups excluding tert-OH is 2. The van der Waals surface area contributed by atoms with Crippen LogP contribution in [0.25, 0.3) is 10.9 Å². The number of benzene rings is 2. The zero-order chi connectivity index (χ0) is 55.8. The zero-order valence-corrected chi connectivity index (χ0v) is 46.2. The summed E-state index contributed by atoms with van der Waals surface area (Å²) in [6, 6.07) is 6.13. The van der Waals surface area contributed by atoms with Gasteiger partial charge in [0.05, 0.1) is 12.1 Å². The van der Waals surface area contributed by atoms with E-state index in [2.05, 4.69) is 26.6 Å². The molecule has 0 radical (unpaired) electrons. The summed E-state index contributed by atoms with van der Waals surface area (Å²) in [7, 11) is 4.16. The SMILES string of the molecule is CO[C@H](c1ccccc1)[C@H]1NC(=O)C(C)NC(=O)C(C[C@@H](C)CO)N(C)C(=O)[C@@H](C(O)c2cn(C(C)(C)C3CO3)c3ccccc23)NC(=O)C(C(C)C=C(C)C)NC(=O)C(CC(C)C)N(C)C(=O)C(C(C)C)NC1=O. The number of methoxy groups -OCH3 is 1. The Labute approximate surface area is 441 Å². The average Bonchev–Trinajstić information content (AvgIpc) is 4.16. The van der Waals surface area contributed by atoms with E-state index < -0.39 is 119 Å². The summed E-state index contributed by atoms with van der Waals surface area (Å²) < 4.78 is 13.6. The summed E-state index contributed by atoms with van der Waals surface area (Å²) in [6.45, 7) is 19.8. The van der Waals surface area contributed by atoms with Crippen molar-refractivity contribution in [1.29, 1.82) is 0 Å². The van der Waals surface area contributed by atoms with Crippen LogP contribution in [0.4, 0.5) is 0 Å². The fourth-order valence-electron chi connectivity index (χ4n) is 9.86. The van der Waals surface area contributed by atoms with Crippen LogP contribution in [0.2, 0.25) is 0 Å². The first kappa shape index (κ1) is 59.7. The Morgan fingerprint density at radius 2 is 1.25 bits per heavy atom. The van der Waals surface area contributed by atoms with Gasteiger partial charge in [-0.25, -0.2) is 0 Å². The van der Waals surface area contributed by atoms with Crippen molar-refractivity contribution in [2.45, 2.75) is 155 Å². The number of nitrogens with one attached hydrogen (secondary N) is 5. The van der Waals surface area contributed by atoms with Gasteiger partial charge in [-0.3, -0.25) is 33.6 Å². The molecule has 3 heterocycles. The summed E-state index contributed by atoms with van der Waals surface area (Å²) >= 11 is 0. The second kappa shape index (κ2) is 25.6. The van der Waals surface area contributed by atoms with Crippen molar-refractivity contribution in [1.82, 2.24) is 41.0 Å². The number of aliphatic hydroxyl groups is 2. The Kier molecular flexibility index (Phi) is 20.4. The molecule has 3 aromatic rings. The largest absolute Gasteiger partial charge is 0.396 e. The van der Waals surface area contributed by atoms with Gasteiger partial charge >= 0.3 is 0 Å². The summed E-state index contributed by atoms with van der Waals surface area (Å²) in [4.78, 5) is 106. The number of nitrogens with zero attached hydrogens (tertiary/aromatic N) is 3. The van der Waals surface area contributed by atoms with Crippen molar-refractivity contribution in [2.75, 3.05) is 34.4 Å². The lowest BCUT2D eigenvalue weighted by Crippen LogP contribution is -2.62. The minimum Gasteiger partial charge on any atom is -0.396 e. The maximum absolute atomic E-state index is 15.4. The molecule has 412 valence electrons. The molecule has 2 aromatic carbocycles. The van der Waals surface area contributed by atoms with Gasteiger partial charge in [0.25, 0.3) is 0 Å². The first-order chi connectivity index (χ1) is 35.2. The van der Waals surface area contributed by atoms with Crippen molar-refractivity contribution >= 4 is 52.3 Å². The molecule has 5 rings (SSSR count). The Bertz CT molecular complexity index is 2540. The minimum absolute atomic E-state index is 0.124. The van der Waals surface area contributed by atoms with Crippen molar-refractivity contribution in [3.8, 4) is 0 Å². The molecule has 0 spiro atoms. The van der Waals surface area contributed by atoms with Gasteiger partial charge in [-0.1, -0.05) is 102 Å². The molecule has 8 unspecified atom stereocenters. The van der Waals surface area contributed by atoms with Crippen LogP contribution in [0.5, 0.6) is 0 Å². The third-order valence-corrected chi connectivity index (χ3v) is 14.5. The van der Waals surface area contributed by atoms with Crippen molar-refractivity contribution < 1.29 is 53.2 Å². The lowest BCUT2D eigenvalue weighted by atomic mass is 9.94. The molecule has 0 saturated carbocycles. The first-order valence-electron chi connectivity index (χ1n) is 26.0. The average molecular weight is 1040 g/mol. The maximum Gasteiger partial charge on any atom is 0.248 e. The van der Waals surface area contributed by atoms with Crippen LogP contribution in [0.3, 0.4) is 0 Å². The normalized spacial score (nSPS) is 25.9. The first-order valence-corrected chi connectivity index (χ1v) is 26.0. The Morgan fingerprint density at radius 1 is 0.733 bits per heavy atom. The maximum atomic E-state index is 15.4. The fourth-order valence-corrected chi connectivity index (χ4v) is 9.86. The number of ether oxygens (including phenoxy) is 2. The molecule has 7 N–H and O–H groups in total. The highest BCUT2D eigenvalue weighted by atomic mass is 16.6. The Balaban J connectivity index is 1.73. The molecule has 19 nitrogen and oxygen atoms in total. The van der Waals surface area contributed by atoms with Crippen molar-refractivity contribution in [3.05, 3.63) is 83.6 Å². The summed E-state index contributed by atoms with van der Waals surface area (Å²) in [5, 5.41) is 37.7. The van der Waals surface area contributed by atoms with Crippen LogP contribution in [-0.4, -0.2) is 149 Å². The molecule has 0 aliphatic carbocycles. The number of aromatic nitrogens is 1. The van der Waals surface area contributed by atoms with Gasteiger partial charge < -0.3 is 60.6 Å². The van der Waals surface area contributed by atoms with E-state index in [1.165, 1.54) is 33.0 Å². The number of allylic oxidation sites excluding steroid dienone is 1. The highest BCUT2D eigenvalue weighted by Crippen LogP contribution is 2.38. The third kappa shape index (κ3) is 14.2.